The van der Waals surface area contributed by atoms with Crippen molar-refractivity contribution in [1.82, 2.24) is 0 Å². The van der Waals surface area contributed by atoms with Crippen molar-refractivity contribution < 1.29 is 4.42 Å². The van der Waals surface area contributed by atoms with Gasteiger partial charge in [0.15, 0.2) is 0 Å². The number of allylic oxidation sites excluding steroid dienone is 1. The van der Waals surface area contributed by atoms with E-state index < -0.39 is 0 Å². The van der Waals surface area contributed by atoms with Crippen molar-refractivity contribution in [2.75, 3.05) is 0 Å². The van der Waals surface area contributed by atoms with E-state index in [0.29, 0.717) is 12.2 Å². The molecule has 1 aromatic heterocycles. The molecule has 0 atom stereocenters. The lowest BCUT2D eigenvalue weighted by Gasteiger charge is -2.03. The molecule has 0 N–H and O–H groups in total. The minimum absolute atomic E-state index is 0.236. The molecule has 0 spiro atoms. The van der Waals surface area contributed by atoms with Crippen LogP contribution in [-0.2, 0) is 6.42 Å². The van der Waals surface area contributed by atoms with E-state index in [1.165, 1.54) is 0 Å². The highest BCUT2D eigenvalue weighted by atomic mass is 16.4. The van der Waals surface area contributed by atoms with Crippen molar-refractivity contribution in [2.24, 2.45) is 0 Å². The molecule has 0 aliphatic carbocycles. The van der Waals surface area contributed by atoms with Crippen LogP contribution in [0.3, 0.4) is 0 Å². The first-order valence-electron chi connectivity index (χ1n) is 4.35. The number of aryl methyl sites for hydroxylation is 1. The van der Waals surface area contributed by atoms with Gasteiger partial charge in [-0.05, 0) is 37.5 Å². The zero-order chi connectivity index (χ0) is 10.0. The maximum Gasteiger partial charge on any atom is 0.339 e. The molecule has 0 aliphatic heterocycles. The third-order valence-electron chi connectivity index (χ3n) is 2.05. The van der Waals surface area contributed by atoms with Gasteiger partial charge in [0, 0.05) is 5.56 Å². The molecule has 0 aliphatic rings. The van der Waals surface area contributed by atoms with Crippen LogP contribution < -0.4 is 5.63 Å². The second-order valence-electron chi connectivity index (χ2n) is 3.19. The van der Waals surface area contributed by atoms with Gasteiger partial charge in [-0.15, -0.1) is 0 Å². The van der Waals surface area contributed by atoms with Gasteiger partial charge in [0.1, 0.15) is 5.76 Å². The average Bonchev–Trinajstić information content (AvgIpc) is 2.03. The van der Waals surface area contributed by atoms with Crippen LogP contribution in [0, 0.1) is 6.92 Å². The predicted octanol–water partition coefficient (Wildman–Crippen LogP) is 2.54. The maximum absolute atomic E-state index is 11.4. The highest BCUT2D eigenvalue weighted by Gasteiger charge is 2.06. The summed E-state index contributed by atoms with van der Waals surface area (Å²) in [5.74, 6) is 0.583. The Morgan fingerprint density at radius 2 is 2.23 bits per heavy atom. The number of hydrogen-bond donors (Lipinski definition) is 0. The normalized spacial score (nSPS) is 10.1. The van der Waals surface area contributed by atoms with Crippen molar-refractivity contribution in [3.05, 3.63) is 40.0 Å². The van der Waals surface area contributed by atoms with Gasteiger partial charge in [0.2, 0.25) is 0 Å². The molecular formula is C11H14O2. The maximum atomic E-state index is 11.4. The van der Waals surface area contributed by atoms with Crippen LogP contribution >= 0.6 is 0 Å². The van der Waals surface area contributed by atoms with Gasteiger partial charge in [-0.2, -0.15) is 0 Å². The van der Waals surface area contributed by atoms with E-state index in [-0.39, 0.29) is 5.63 Å². The summed E-state index contributed by atoms with van der Waals surface area (Å²) in [4.78, 5) is 11.4. The van der Waals surface area contributed by atoms with Gasteiger partial charge in [-0.3, -0.25) is 0 Å². The second-order valence-corrected chi connectivity index (χ2v) is 3.19. The fourth-order valence-electron chi connectivity index (χ4n) is 1.27. The van der Waals surface area contributed by atoms with E-state index >= 15 is 0 Å². The van der Waals surface area contributed by atoms with Gasteiger partial charge in [-0.25, -0.2) is 4.79 Å². The molecule has 1 heterocycles. The smallest absolute Gasteiger partial charge is 0.339 e. The van der Waals surface area contributed by atoms with Crippen molar-refractivity contribution in [2.45, 2.75) is 27.2 Å². The Hall–Kier alpha value is -1.31. The molecule has 0 fully saturated rings. The van der Waals surface area contributed by atoms with Gasteiger partial charge in [0.05, 0.1) is 0 Å². The molecule has 1 rings (SSSR count). The Labute approximate surface area is 77.9 Å². The summed E-state index contributed by atoms with van der Waals surface area (Å²) in [5, 5.41) is 0. The molecule has 2 nitrogen and oxygen atoms in total. The molecule has 0 unspecified atom stereocenters. The SMILES string of the molecule is C=C(C)c1cc(C)c(CC)c(=O)o1. The number of hydrogen-bond acceptors (Lipinski definition) is 2. The average molecular weight is 178 g/mol. The fourth-order valence-corrected chi connectivity index (χ4v) is 1.27. The molecule has 0 saturated carbocycles. The Balaban J connectivity index is 3.37. The minimum Gasteiger partial charge on any atom is -0.423 e. The minimum atomic E-state index is -0.236. The van der Waals surface area contributed by atoms with Gasteiger partial charge in [0.25, 0.3) is 0 Å². The van der Waals surface area contributed by atoms with Crippen molar-refractivity contribution in [1.29, 1.82) is 0 Å². The van der Waals surface area contributed by atoms with Crippen molar-refractivity contribution in [3.63, 3.8) is 0 Å². The second kappa shape index (κ2) is 3.60. The quantitative estimate of drug-likeness (QED) is 0.696. The van der Waals surface area contributed by atoms with Crippen LogP contribution in [0.4, 0.5) is 0 Å². The molecular weight excluding hydrogens is 164 g/mol. The molecule has 13 heavy (non-hydrogen) atoms. The molecule has 0 saturated heterocycles. The lowest BCUT2D eigenvalue weighted by Crippen LogP contribution is -2.09. The summed E-state index contributed by atoms with van der Waals surface area (Å²) < 4.78 is 5.09. The highest BCUT2D eigenvalue weighted by Crippen LogP contribution is 2.13. The van der Waals surface area contributed by atoms with Crippen molar-refractivity contribution >= 4 is 5.57 Å². The summed E-state index contributed by atoms with van der Waals surface area (Å²) in [6.45, 7) is 9.42. The first kappa shape index (κ1) is 9.78. The Kier molecular flexibility index (Phi) is 2.71. The summed E-state index contributed by atoms with van der Waals surface area (Å²) in [7, 11) is 0. The van der Waals surface area contributed by atoms with Crippen LogP contribution in [0.2, 0.25) is 0 Å². The molecule has 0 amide bonds. The Bertz CT molecular complexity index is 386. The molecule has 0 aromatic carbocycles. The molecule has 0 bridgehead atoms. The van der Waals surface area contributed by atoms with Gasteiger partial charge in [-0.1, -0.05) is 13.5 Å². The van der Waals surface area contributed by atoms with Gasteiger partial charge >= 0.3 is 5.63 Å². The van der Waals surface area contributed by atoms with Crippen molar-refractivity contribution in [3.8, 4) is 0 Å². The largest absolute Gasteiger partial charge is 0.423 e. The Morgan fingerprint density at radius 1 is 1.62 bits per heavy atom. The zero-order valence-electron chi connectivity index (χ0n) is 8.31. The molecule has 70 valence electrons. The summed E-state index contributed by atoms with van der Waals surface area (Å²) >= 11 is 0. The summed E-state index contributed by atoms with van der Waals surface area (Å²) in [6, 6.07) is 1.86. The van der Waals surface area contributed by atoms with Crippen LogP contribution in [0.5, 0.6) is 0 Å². The molecule has 0 radical (unpaired) electrons. The van der Waals surface area contributed by atoms with E-state index in [1.807, 2.05) is 26.8 Å². The van der Waals surface area contributed by atoms with E-state index in [4.69, 9.17) is 4.42 Å². The van der Waals surface area contributed by atoms with E-state index in [0.717, 1.165) is 16.7 Å². The summed E-state index contributed by atoms with van der Waals surface area (Å²) in [6.07, 6.45) is 0.713. The van der Waals surface area contributed by atoms with E-state index in [1.54, 1.807) is 0 Å². The van der Waals surface area contributed by atoms with Crippen LogP contribution in [0.25, 0.3) is 5.57 Å². The third-order valence-corrected chi connectivity index (χ3v) is 2.05. The monoisotopic (exact) mass is 178 g/mol. The predicted molar refractivity (Wildman–Crippen MR) is 53.8 cm³/mol. The number of rotatable bonds is 2. The fraction of sp³-hybridized carbons (Fsp3) is 0.364. The summed E-state index contributed by atoms with van der Waals surface area (Å²) in [5.41, 5.74) is 2.28. The zero-order valence-corrected chi connectivity index (χ0v) is 8.31. The lowest BCUT2D eigenvalue weighted by molar-refractivity contribution is 0.488. The topological polar surface area (TPSA) is 30.2 Å². The first-order chi connectivity index (χ1) is 6.06. The third kappa shape index (κ3) is 1.89. The Morgan fingerprint density at radius 3 is 2.62 bits per heavy atom. The van der Waals surface area contributed by atoms with Crippen LogP contribution in [0.15, 0.2) is 21.9 Å². The lowest BCUT2D eigenvalue weighted by atomic mass is 10.1. The van der Waals surface area contributed by atoms with Crippen LogP contribution in [-0.4, -0.2) is 0 Å². The molecule has 1 aromatic rings. The van der Waals surface area contributed by atoms with Crippen LogP contribution in [0.1, 0.15) is 30.7 Å². The standard InChI is InChI=1S/C11H14O2/c1-5-9-8(4)6-10(7(2)3)13-11(9)12/h6H,2,5H2,1,3-4H3. The first-order valence-corrected chi connectivity index (χ1v) is 4.35. The molecule has 2 heteroatoms. The highest BCUT2D eigenvalue weighted by molar-refractivity contribution is 5.56. The van der Waals surface area contributed by atoms with E-state index in [2.05, 4.69) is 6.58 Å². The van der Waals surface area contributed by atoms with E-state index in [9.17, 15) is 4.79 Å². The van der Waals surface area contributed by atoms with Gasteiger partial charge < -0.3 is 4.42 Å².